The van der Waals surface area contributed by atoms with Gasteiger partial charge in [0.25, 0.3) is 0 Å². The van der Waals surface area contributed by atoms with Crippen LogP contribution in [0.1, 0.15) is 34.9 Å². The zero-order valence-corrected chi connectivity index (χ0v) is 18.5. The summed E-state index contributed by atoms with van der Waals surface area (Å²) in [7, 11) is 1.61. The fourth-order valence-electron chi connectivity index (χ4n) is 4.58. The second-order valence-electron chi connectivity index (χ2n) is 8.19. The van der Waals surface area contributed by atoms with Crippen LogP contribution in [-0.2, 0) is 21.0 Å². The first-order valence-corrected chi connectivity index (χ1v) is 10.9. The molecule has 0 aliphatic carbocycles. The molecule has 3 aromatic rings. The Labute approximate surface area is 196 Å². The Morgan fingerprint density at radius 3 is 2.38 bits per heavy atom. The lowest BCUT2D eigenvalue weighted by molar-refractivity contribution is -0.607. The Kier molecular flexibility index (Phi) is 6.45. The molecule has 5 rings (SSSR count). The number of aromatic nitrogens is 2. The molecular weight excluding hydrogens is 440 g/mol. The number of hydrogen-bond donors (Lipinski definition) is 0. The third kappa shape index (κ3) is 4.48. The number of fused-ring (bicyclic) bond motifs is 1. The summed E-state index contributed by atoms with van der Waals surface area (Å²) in [5.41, 5.74) is 2.59. The summed E-state index contributed by atoms with van der Waals surface area (Å²) in [5, 5.41) is 13.2. The van der Waals surface area contributed by atoms with E-state index in [1.165, 1.54) is 5.23 Å². The highest BCUT2D eigenvalue weighted by Gasteiger charge is 2.58. The van der Waals surface area contributed by atoms with E-state index < -0.39 is 29.4 Å². The molecule has 176 valence electrons. The lowest BCUT2D eigenvalue weighted by Crippen LogP contribution is -2.46. The average molecular weight is 464 g/mol. The fraction of sp³-hybridized carbons (Fsp3) is 0.333. The first-order valence-electron chi connectivity index (χ1n) is 10.9. The molecule has 5 unspecified atom stereocenters. The summed E-state index contributed by atoms with van der Waals surface area (Å²) in [6.45, 7) is 0.303. The summed E-state index contributed by atoms with van der Waals surface area (Å²) in [4.78, 5) is 31.6. The number of pyridine rings is 2. The van der Waals surface area contributed by atoms with Crippen LogP contribution in [0.3, 0.4) is 0 Å². The predicted octanol–water partition coefficient (Wildman–Crippen LogP) is 3.45. The number of rotatable bonds is 7. The lowest BCUT2D eigenvalue weighted by atomic mass is 9.79. The van der Waals surface area contributed by atoms with Crippen LogP contribution in [0.2, 0.25) is 0 Å². The van der Waals surface area contributed by atoms with Crippen LogP contribution in [0, 0.1) is 10.1 Å². The van der Waals surface area contributed by atoms with Crippen LogP contribution >= 0.6 is 0 Å². The number of benzene rings is 1. The molecule has 0 spiro atoms. The zero-order valence-electron chi connectivity index (χ0n) is 18.5. The molecule has 2 aliphatic rings. The average Bonchev–Trinajstić information content (AvgIpc) is 3.28. The summed E-state index contributed by atoms with van der Waals surface area (Å²) in [6.07, 6.45) is 5.25. The minimum atomic E-state index is -1.31. The molecule has 34 heavy (non-hydrogen) atoms. The van der Waals surface area contributed by atoms with Gasteiger partial charge in [-0.05, 0) is 41.0 Å². The Balaban J connectivity index is 1.42. The highest BCUT2D eigenvalue weighted by Crippen LogP contribution is 2.48. The molecule has 0 radical (unpaired) electrons. The second kappa shape index (κ2) is 9.82. The molecule has 2 fully saturated rings. The van der Waals surface area contributed by atoms with Gasteiger partial charge in [0.2, 0.25) is 0 Å². The van der Waals surface area contributed by atoms with E-state index >= 15 is 0 Å². The molecule has 2 aromatic heterocycles. The van der Waals surface area contributed by atoms with Crippen LogP contribution in [-0.4, -0.2) is 45.8 Å². The molecule has 2 aliphatic heterocycles. The summed E-state index contributed by atoms with van der Waals surface area (Å²) in [6, 6.07) is 14.5. The molecule has 0 amide bonds. The molecule has 0 bridgehead atoms. The number of nitro groups is 1. The van der Waals surface area contributed by atoms with Gasteiger partial charge in [-0.15, -0.1) is 0 Å². The molecule has 10 heteroatoms. The van der Waals surface area contributed by atoms with Gasteiger partial charge < -0.3 is 9.47 Å². The lowest BCUT2D eigenvalue weighted by Gasteiger charge is -2.39. The first-order chi connectivity index (χ1) is 16.6. The molecule has 0 saturated carbocycles. The van der Waals surface area contributed by atoms with E-state index in [4.69, 9.17) is 19.1 Å². The van der Waals surface area contributed by atoms with Gasteiger partial charge in [0, 0.05) is 37.1 Å². The van der Waals surface area contributed by atoms with Crippen molar-refractivity contribution in [3.05, 3.63) is 100 Å². The highest BCUT2D eigenvalue weighted by molar-refractivity contribution is 5.27. The summed E-state index contributed by atoms with van der Waals surface area (Å²) in [5.74, 6) is -0.00944. The van der Waals surface area contributed by atoms with Crippen molar-refractivity contribution >= 4 is 0 Å². The normalized spacial score (nSPS) is 26.7. The molecule has 10 nitrogen and oxygen atoms in total. The van der Waals surface area contributed by atoms with Crippen molar-refractivity contribution in [3.8, 4) is 5.75 Å². The van der Waals surface area contributed by atoms with Gasteiger partial charge in [-0.1, -0.05) is 29.5 Å². The highest BCUT2D eigenvalue weighted by atomic mass is 17.0. The van der Waals surface area contributed by atoms with Crippen LogP contribution in [0.25, 0.3) is 0 Å². The van der Waals surface area contributed by atoms with Crippen LogP contribution in [0.4, 0.5) is 0 Å². The number of hydroxylamine groups is 2. The quantitative estimate of drug-likeness (QED) is 0.384. The first kappa shape index (κ1) is 22.4. The van der Waals surface area contributed by atoms with E-state index in [1.807, 2.05) is 42.5 Å². The number of nitrogens with zero attached hydrogens (tertiary/aromatic N) is 4. The molecular formula is C24H24N4O6. The Morgan fingerprint density at radius 1 is 1.06 bits per heavy atom. The van der Waals surface area contributed by atoms with Gasteiger partial charge >= 0.3 is 6.23 Å². The maximum absolute atomic E-state index is 11.9. The number of methoxy groups -OCH3 is 1. The van der Waals surface area contributed by atoms with Crippen LogP contribution < -0.4 is 4.74 Å². The van der Waals surface area contributed by atoms with E-state index in [9.17, 15) is 10.1 Å². The number of ether oxygens (including phenoxy) is 2. The monoisotopic (exact) mass is 464 g/mol. The minimum absolute atomic E-state index is 0.182. The Bertz CT molecular complexity index is 1100. The summed E-state index contributed by atoms with van der Waals surface area (Å²) < 4.78 is 11.2. The maximum atomic E-state index is 11.9. The fourth-order valence-corrected chi connectivity index (χ4v) is 4.58. The van der Waals surface area contributed by atoms with Crippen molar-refractivity contribution in [1.82, 2.24) is 15.2 Å². The zero-order chi connectivity index (χ0) is 23.5. The van der Waals surface area contributed by atoms with Crippen molar-refractivity contribution in [3.63, 3.8) is 0 Å². The summed E-state index contributed by atoms with van der Waals surface area (Å²) >= 11 is 0. The topological polar surface area (TPSA) is 109 Å². The molecule has 2 saturated heterocycles. The van der Waals surface area contributed by atoms with E-state index in [2.05, 4.69) is 9.97 Å². The van der Waals surface area contributed by atoms with Crippen molar-refractivity contribution in [2.45, 2.75) is 43.4 Å². The van der Waals surface area contributed by atoms with Crippen molar-refractivity contribution in [2.75, 3.05) is 7.11 Å². The van der Waals surface area contributed by atoms with Gasteiger partial charge in [0.05, 0.1) is 24.7 Å². The van der Waals surface area contributed by atoms with Crippen LogP contribution in [0.5, 0.6) is 5.75 Å². The van der Waals surface area contributed by atoms with Gasteiger partial charge in [-0.3, -0.25) is 20.1 Å². The molecule has 4 heterocycles. The predicted molar refractivity (Wildman–Crippen MR) is 119 cm³/mol. The third-order valence-electron chi connectivity index (χ3n) is 6.20. The van der Waals surface area contributed by atoms with Gasteiger partial charge in [-0.2, -0.15) is 4.84 Å². The Morgan fingerprint density at radius 2 is 1.76 bits per heavy atom. The van der Waals surface area contributed by atoms with E-state index in [0.29, 0.717) is 18.6 Å². The standard InChI is InChI=1S/C24H24N4O6/c1-31-19-8-6-16(7-9-19)15-32-21-12-20(17-4-2-10-25-13-17)23-22(18-5-3-11-26-14-18)24(27(29)30)34-28(23)33-21/h2-11,13-14,20-24H,12,15H2,1H3. The van der Waals surface area contributed by atoms with Crippen molar-refractivity contribution in [2.24, 2.45) is 0 Å². The maximum Gasteiger partial charge on any atom is 0.341 e. The minimum Gasteiger partial charge on any atom is -0.497 e. The molecule has 0 N–H and O–H groups in total. The molecule has 1 aromatic carbocycles. The second-order valence-corrected chi connectivity index (χ2v) is 8.19. The molecule has 5 atom stereocenters. The van der Waals surface area contributed by atoms with Crippen LogP contribution in [0.15, 0.2) is 73.3 Å². The Hall–Kier alpha value is -3.44. The van der Waals surface area contributed by atoms with Gasteiger partial charge in [0.1, 0.15) is 11.7 Å². The van der Waals surface area contributed by atoms with E-state index in [0.717, 1.165) is 16.9 Å². The van der Waals surface area contributed by atoms with Gasteiger partial charge in [0.15, 0.2) is 6.29 Å². The SMILES string of the molecule is COc1ccc(COC2CC(c3cccnc3)C3C(c4cccnc4)C([N+](=O)[O-])ON3O2)cc1. The van der Waals surface area contributed by atoms with E-state index in [1.54, 1.807) is 38.0 Å². The smallest absolute Gasteiger partial charge is 0.341 e. The number of hydrogen-bond acceptors (Lipinski definition) is 9. The van der Waals surface area contributed by atoms with Crippen molar-refractivity contribution < 1.29 is 24.1 Å². The van der Waals surface area contributed by atoms with E-state index in [-0.39, 0.29) is 5.92 Å². The third-order valence-corrected chi connectivity index (χ3v) is 6.20. The largest absolute Gasteiger partial charge is 0.497 e. The van der Waals surface area contributed by atoms with Crippen molar-refractivity contribution in [1.29, 1.82) is 0 Å². The van der Waals surface area contributed by atoms with Gasteiger partial charge in [-0.25, -0.2) is 4.84 Å².